The highest BCUT2D eigenvalue weighted by Gasteiger charge is 1.99. The van der Waals surface area contributed by atoms with E-state index in [2.05, 4.69) is 29.8 Å². The second kappa shape index (κ2) is 12.8. The van der Waals surface area contributed by atoms with Crippen LogP contribution in [-0.2, 0) is 14.3 Å². The number of nitrogens with one attached hydrogen (secondary N) is 3. The molecule has 6 nitrogen and oxygen atoms in total. The van der Waals surface area contributed by atoms with Gasteiger partial charge < -0.3 is 25.4 Å². The van der Waals surface area contributed by atoms with Gasteiger partial charge >= 0.3 is 0 Å². The fourth-order valence-corrected chi connectivity index (χ4v) is 1.17. The molecule has 0 fully saturated rings. The van der Waals surface area contributed by atoms with Crippen LogP contribution >= 0.6 is 0 Å². The summed E-state index contributed by atoms with van der Waals surface area (Å²) in [4.78, 5) is 11.3. The molecule has 0 saturated heterocycles. The molecule has 0 aliphatic rings. The summed E-state index contributed by atoms with van der Waals surface area (Å²) >= 11 is 0. The van der Waals surface area contributed by atoms with Crippen LogP contribution in [0.25, 0.3) is 0 Å². The fraction of sp³-hybridized carbons (Fsp3) is 0.917. The van der Waals surface area contributed by atoms with E-state index in [1.165, 1.54) is 0 Å². The SMILES string of the molecule is CNCCOCC(=O)NCCOCCNC(C)C. The summed E-state index contributed by atoms with van der Waals surface area (Å²) < 4.78 is 10.5. The zero-order valence-corrected chi connectivity index (χ0v) is 11.8. The number of ether oxygens (including phenoxy) is 2. The molecule has 0 bridgehead atoms. The smallest absolute Gasteiger partial charge is 0.246 e. The van der Waals surface area contributed by atoms with Crippen molar-refractivity contribution in [2.24, 2.45) is 0 Å². The van der Waals surface area contributed by atoms with Gasteiger partial charge in [-0.05, 0) is 7.05 Å². The fourth-order valence-electron chi connectivity index (χ4n) is 1.17. The van der Waals surface area contributed by atoms with Gasteiger partial charge in [0, 0.05) is 25.7 Å². The lowest BCUT2D eigenvalue weighted by molar-refractivity contribution is -0.125. The highest BCUT2D eigenvalue weighted by Crippen LogP contribution is 1.78. The lowest BCUT2D eigenvalue weighted by Crippen LogP contribution is -2.32. The number of carbonyl (C=O) groups is 1. The maximum atomic E-state index is 11.3. The van der Waals surface area contributed by atoms with E-state index in [4.69, 9.17) is 9.47 Å². The van der Waals surface area contributed by atoms with Crippen molar-refractivity contribution in [2.45, 2.75) is 19.9 Å². The molecular formula is C12H27N3O3. The summed E-state index contributed by atoms with van der Waals surface area (Å²) in [6.45, 7) is 8.13. The summed E-state index contributed by atoms with van der Waals surface area (Å²) in [7, 11) is 1.84. The van der Waals surface area contributed by atoms with Gasteiger partial charge in [0.2, 0.25) is 5.91 Å². The predicted octanol–water partition coefficient (Wildman–Crippen LogP) is -0.647. The number of hydrogen-bond acceptors (Lipinski definition) is 5. The Morgan fingerprint density at radius 2 is 1.72 bits per heavy atom. The predicted molar refractivity (Wildman–Crippen MR) is 71.7 cm³/mol. The molecule has 0 rings (SSSR count). The molecule has 0 radical (unpaired) electrons. The van der Waals surface area contributed by atoms with Crippen LogP contribution in [0.4, 0.5) is 0 Å². The zero-order valence-electron chi connectivity index (χ0n) is 11.8. The minimum absolute atomic E-state index is 0.102. The van der Waals surface area contributed by atoms with Crippen LogP contribution in [0.15, 0.2) is 0 Å². The Morgan fingerprint density at radius 3 is 2.39 bits per heavy atom. The second-order valence-corrected chi connectivity index (χ2v) is 4.23. The number of likely N-dealkylation sites (N-methyl/N-ethyl adjacent to an activating group) is 1. The number of amides is 1. The van der Waals surface area contributed by atoms with Gasteiger partial charge in [-0.25, -0.2) is 0 Å². The van der Waals surface area contributed by atoms with Crippen molar-refractivity contribution >= 4 is 5.91 Å². The van der Waals surface area contributed by atoms with Crippen molar-refractivity contribution in [3.05, 3.63) is 0 Å². The quantitative estimate of drug-likeness (QED) is 0.407. The summed E-state index contributed by atoms with van der Waals surface area (Å²) in [6.07, 6.45) is 0. The van der Waals surface area contributed by atoms with E-state index < -0.39 is 0 Å². The van der Waals surface area contributed by atoms with Crippen molar-refractivity contribution in [3.8, 4) is 0 Å². The number of hydrogen-bond donors (Lipinski definition) is 3. The van der Waals surface area contributed by atoms with Crippen LogP contribution in [0, 0.1) is 0 Å². The molecule has 18 heavy (non-hydrogen) atoms. The average Bonchev–Trinajstić information content (AvgIpc) is 2.33. The Balaban J connectivity index is 3.15. The van der Waals surface area contributed by atoms with E-state index in [0.29, 0.717) is 32.4 Å². The normalized spacial score (nSPS) is 10.9. The molecule has 0 saturated carbocycles. The van der Waals surface area contributed by atoms with Crippen LogP contribution < -0.4 is 16.0 Å². The standard InChI is InChI=1S/C12H27N3O3/c1-11(2)14-5-8-17-9-6-15-12(16)10-18-7-4-13-3/h11,13-14H,4-10H2,1-3H3,(H,15,16). The molecule has 0 aromatic carbocycles. The number of carbonyl (C=O) groups excluding carboxylic acids is 1. The van der Waals surface area contributed by atoms with Gasteiger partial charge in [-0.2, -0.15) is 0 Å². The molecular weight excluding hydrogens is 234 g/mol. The highest BCUT2D eigenvalue weighted by atomic mass is 16.5. The summed E-state index contributed by atoms with van der Waals surface area (Å²) in [6, 6.07) is 0.475. The van der Waals surface area contributed by atoms with Gasteiger partial charge in [0.15, 0.2) is 0 Å². The van der Waals surface area contributed by atoms with Crippen molar-refractivity contribution in [1.82, 2.24) is 16.0 Å². The van der Waals surface area contributed by atoms with E-state index in [-0.39, 0.29) is 12.5 Å². The van der Waals surface area contributed by atoms with Gasteiger partial charge in [-0.3, -0.25) is 4.79 Å². The van der Waals surface area contributed by atoms with Crippen LogP contribution in [0.3, 0.4) is 0 Å². The first kappa shape index (κ1) is 17.3. The summed E-state index contributed by atoms with van der Waals surface area (Å²) in [5, 5.41) is 8.91. The van der Waals surface area contributed by atoms with Crippen LogP contribution in [0.2, 0.25) is 0 Å². The molecule has 0 aliphatic heterocycles. The molecule has 3 N–H and O–H groups in total. The largest absolute Gasteiger partial charge is 0.378 e. The van der Waals surface area contributed by atoms with E-state index in [1.54, 1.807) is 0 Å². The highest BCUT2D eigenvalue weighted by molar-refractivity contribution is 5.77. The van der Waals surface area contributed by atoms with E-state index >= 15 is 0 Å². The molecule has 6 heteroatoms. The molecule has 0 spiro atoms. The first-order valence-electron chi connectivity index (χ1n) is 6.47. The molecule has 0 aromatic rings. The third-order valence-electron chi connectivity index (χ3n) is 2.10. The van der Waals surface area contributed by atoms with E-state index in [0.717, 1.165) is 13.1 Å². The number of rotatable bonds is 12. The van der Waals surface area contributed by atoms with Crippen molar-refractivity contribution < 1.29 is 14.3 Å². The molecule has 0 aliphatic carbocycles. The lowest BCUT2D eigenvalue weighted by atomic mass is 10.4. The van der Waals surface area contributed by atoms with Gasteiger partial charge in [0.25, 0.3) is 0 Å². The topological polar surface area (TPSA) is 71.6 Å². The Kier molecular flexibility index (Phi) is 12.3. The Morgan fingerprint density at radius 1 is 1.06 bits per heavy atom. The Bertz CT molecular complexity index is 201. The minimum Gasteiger partial charge on any atom is -0.378 e. The Hall–Kier alpha value is -0.690. The van der Waals surface area contributed by atoms with Crippen LogP contribution in [0.1, 0.15) is 13.8 Å². The minimum atomic E-state index is -0.102. The third-order valence-corrected chi connectivity index (χ3v) is 2.10. The first-order chi connectivity index (χ1) is 8.66. The van der Waals surface area contributed by atoms with Crippen molar-refractivity contribution in [1.29, 1.82) is 0 Å². The molecule has 1 amide bonds. The molecule has 0 unspecified atom stereocenters. The second-order valence-electron chi connectivity index (χ2n) is 4.23. The monoisotopic (exact) mass is 261 g/mol. The van der Waals surface area contributed by atoms with E-state index in [1.807, 2.05) is 7.05 Å². The van der Waals surface area contributed by atoms with Gasteiger partial charge in [-0.1, -0.05) is 13.8 Å². The van der Waals surface area contributed by atoms with Gasteiger partial charge in [0.05, 0.1) is 19.8 Å². The molecule has 108 valence electrons. The Labute approximate surface area is 110 Å². The summed E-state index contributed by atoms with van der Waals surface area (Å²) in [5.41, 5.74) is 0. The first-order valence-corrected chi connectivity index (χ1v) is 6.47. The lowest BCUT2D eigenvalue weighted by Gasteiger charge is -2.09. The molecule has 0 aromatic heterocycles. The van der Waals surface area contributed by atoms with E-state index in [9.17, 15) is 4.79 Å². The van der Waals surface area contributed by atoms with Crippen LogP contribution in [-0.4, -0.2) is 65.1 Å². The zero-order chi connectivity index (χ0) is 13.6. The van der Waals surface area contributed by atoms with Crippen LogP contribution in [0.5, 0.6) is 0 Å². The van der Waals surface area contributed by atoms with Crippen molar-refractivity contribution in [3.63, 3.8) is 0 Å². The van der Waals surface area contributed by atoms with Crippen molar-refractivity contribution in [2.75, 3.05) is 53.1 Å². The average molecular weight is 261 g/mol. The maximum absolute atomic E-state index is 11.3. The third kappa shape index (κ3) is 13.4. The summed E-state index contributed by atoms with van der Waals surface area (Å²) in [5.74, 6) is -0.102. The van der Waals surface area contributed by atoms with Gasteiger partial charge in [-0.15, -0.1) is 0 Å². The maximum Gasteiger partial charge on any atom is 0.246 e. The molecule has 0 atom stereocenters. The molecule has 0 heterocycles. The van der Waals surface area contributed by atoms with Gasteiger partial charge in [0.1, 0.15) is 6.61 Å².